The van der Waals surface area contributed by atoms with Crippen molar-refractivity contribution in [1.29, 1.82) is 0 Å². The number of hydrogen-bond donors (Lipinski definition) is 0. The second kappa shape index (κ2) is 8.79. The highest BCUT2D eigenvalue weighted by Crippen LogP contribution is 2.29. The fourth-order valence-electron chi connectivity index (χ4n) is 3.04. The molecule has 0 bridgehead atoms. The molecule has 1 aromatic rings. The number of rotatable bonds is 10. The average Bonchev–Trinajstić information content (AvgIpc) is 2.48. The second-order valence-electron chi connectivity index (χ2n) is 5.48. The van der Waals surface area contributed by atoms with Crippen molar-refractivity contribution in [3.8, 4) is 0 Å². The summed E-state index contributed by atoms with van der Waals surface area (Å²) in [6, 6.07) is 10.6. The third-order valence-electron chi connectivity index (χ3n) is 4.11. The molecule has 1 aliphatic heterocycles. The monoisotopic (exact) mass is 323 g/mol. The minimum Gasteiger partial charge on any atom is -0.373 e. The van der Waals surface area contributed by atoms with E-state index in [1.165, 1.54) is 5.56 Å². The van der Waals surface area contributed by atoms with Gasteiger partial charge in [0.05, 0.1) is 5.67 Å². The Morgan fingerprint density at radius 2 is 1.59 bits per heavy atom. The van der Waals surface area contributed by atoms with Gasteiger partial charge in [0, 0.05) is 26.4 Å². The summed E-state index contributed by atoms with van der Waals surface area (Å²) in [6.45, 7) is 10.2. The molecule has 1 unspecified atom stereocenters. The van der Waals surface area contributed by atoms with Crippen LogP contribution in [0.1, 0.15) is 32.8 Å². The second-order valence-corrected chi connectivity index (χ2v) is 8.22. The van der Waals surface area contributed by atoms with Crippen LogP contribution in [0.4, 0.5) is 0 Å². The maximum Gasteiger partial charge on any atom is 0.519 e. The quantitative estimate of drug-likeness (QED) is 0.620. The van der Waals surface area contributed by atoms with Crippen molar-refractivity contribution in [3.05, 3.63) is 35.9 Å². The molecule has 0 saturated carbocycles. The summed E-state index contributed by atoms with van der Waals surface area (Å²) in [6.07, 6.45) is 2.17. The van der Waals surface area contributed by atoms with Crippen LogP contribution in [-0.2, 0) is 19.7 Å². The van der Waals surface area contributed by atoms with Gasteiger partial charge in [0.15, 0.2) is 0 Å². The number of likely N-dealkylation sites (tertiary alicyclic amines) is 1. The summed E-state index contributed by atoms with van der Waals surface area (Å²) in [5, 5.41) is 0. The minimum absolute atomic E-state index is 0.316. The lowest BCUT2D eigenvalue weighted by Crippen LogP contribution is -2.68. The first kappa shape index (κ1) is 17.6. The molecule has 1 saturated heterocycles. The number of nitrogens with zero attached hydrogens (tertiary/aromatic N) is 1. The predicted molar refractivity (Wildman–Crippen MR) is 90.8 cm³/mol. The van der Waals surface area contributed by atoms with Crippen LogP contribution in [-0.4, -0.2) is 52.3 Å². The largest absolute Gasteiger partial charge is 0.519 e. The van der Waals surface area contributed by atoms with Crippen LogP contribution in [0.15, 0.2) is 30.3 Å². The fourth-order valence-corrected chi connectivity index (χ4v) is 6.27. The van der Waals surface area contributed by atoms with Crippen molar-refractivity contribution in [2.45, 2.75) is 39.3 Å². The topological polar surface area (TPSA) is 30.9 Å². The van der Waals surface area contributed by atoms with Crippen LogP contribution < -0.4 is 0 Å². The van der Waals surface area contributed by atoms with Crippen LogP contribution in [0.5, 0.6) is 0 Å². The molecule has 1 aliphatic rings. The Bertz CT molecular complexity index is 412. The first-order valence-electron chi connectivity index (χ1n) is 8.45. The van der Waals surface area contributed by atoms with Gasteiger partial charge in [-0.1, -0.05) is 30.3 Å². The standard InChI is InChI=1S/C17H29NO3Si/c1-4-19-22(20-5-2,21-6-3)17-13-15-18(17)14-12-16-10-8-7-9-11-16/h7-11,17H,4-6,12-15H2,1-3H3. The zero-order valence-corrected chi connectivity index (χ0v) is 15.1. The molecule has 0 N–H and O–H groups in total. The van der Waals surface area contributed by atoms with E-state index in [1.54, 1.807) is 0 Å². The molecule has 1 aromatic carbocycles. The number of hydrogen-bond acceptors (Lipinski definition) is 4. The molecular weight excluding hydrogens is 294 g/mol. The van der Waals surface area contributed by atoms with Crippen LogP contribution in [0.2, 0.25) is 0 Å². The Labute approximate surface area is 135 Å². The lowest BCUT2D eigenvalue weighted by molar-refractivity contribution is 0.00505. The normalized spacial score (nSPS) is 19.1. The van der Waals surface area contributed by atoms with Crippen molar-refractivity contribution in [1.82, 2.24) is 4.90 Å². The summed E-state index contributed by atoms with van der Waals surface area (Å²) < 4.78 is 18.1. The predicted octanol–water partition coefficient (Wildman–Crippen LogP) is 2.89. The van der Waals surface area contributed by atoms with Crippen molar-refractivity contribution >= 4 is 8.80 Å². The maximum atomic E-state index is 6.05. The van der Waals surface area contributed by atoms with E-state index in [0.717, 1.165) is 25.9 Å². The Morgan fingerprint density at radius 3 is 2.05 bits per heavy atom. The fraction of sp³-hybridized carbons (Fsp3) is 0.647. The first-order chi connectivity index (χ1) is 10.8. The summed E-state index contributed by atoms with van der Waals surface area (Å²) in [7, 11) is -2.59. The molecule has 124 valence electrons. The molecule has 1 atom stereocenters. The van der Waals surface area contributed by atoms with Gasteiger partial charge in [-0.2, -0.15) is 0 Å². The molecule has 0 radical (unpaired) electrons. The Hall–Kier alpha value is -0.723. The van der Waals surface area contributed by atoms with Crippen LogP contribution in [0.25, 0.3) is 0 Å². The van der Waals surface area contributed by atoms with Gasteiger partial charge in [0.2, 0.25) is 0 Å². The highest BCUT2D eigenvalue weighted by molar-refractivity contribution is 6.62. The van der Waals surface area contributed by atoms with E-state index in [2.05, 4.69) is 35.2 Å². The van der Waals surface area contributed by atoms with Crippen molar-refractivity contribution in [2.24, 2.45) is 0 Å². The number of benzene rings is 1. The van der Waals surface area contributed by atoms with Crippen LogP contribution in [0, 0.1) is 0 Å². The zero-order valence-electron chi connectivity index (χ0n) is 14.1. The Morgan fingerprint density at radius 1 is 1.00 bits per heavy atom. The van der Waals surface area contributed by atoms with E-state index in [9.17, 15) is 0 Å². The molecule has 0 aliphatic carbocycles. The third kappa shape index (κ3) is 4.17. The van der Waals surface area contributed by atoms with Crippen LogP contribution in [0.3, 0.4) is 0 Å². The molecule has 4 nitrogen and oxygen atoms in total. The van der Waals surface area contributed by atoms with E-state index in [0.29, 0.717) is 25.5 Å². The SMILES string of the molecule is CCO[Si](OCC)(OCC)C1CCN1CCc1ccccc1. The molecule has 1 heterocycles. The minimum atomic E-state index is -2.59. The van der Waals surface area contributed by atoms with E-state index >= 15 is 0 Å². The summed E-state index contributed by atoms with van der Waals surface area (Å²) in [4.78, 5) is 2.47. The molecule has 22 heavy (non-hydrogen) atoms. The Balaban J connectivity index is 1.98. The van der Waals surface area contributed by atoms with Gasteiger partial charge in [-0.15, -0.1) is 0 Å². The van der Waals surface area contributed by atoms with E-state index in [4.69, 9.17) is 13.3 Å². The molecule has 0 amide bonds. The lowest BCUT2D eigenvalue weighted by atomic mass is 10.1. The molecular formula is C17H29NO3Si. The summed E-state index contributed by atoms with van der Waals surface area (Å²) >= 11 is 0. The van der Waals surface area contributed by atoms with E-state index in [-0.39, 0.29) is 0 Å². The maximum absolute atomic E-state index is 6.05. The summed E-state index contributed by atoms with van der Waals surface area (Å²) in [5.74, 6) is 0. The van der Waals surface area contributed by atoms with Crippen molar-refractivity contribution in [2.75, 3.05) is 32.9 Å². The smallest absolute Gasteiger partial charge is 0.373 e. The molecule has 1 fully saturated rings. The van der Waals surface area contributed by atoms with Gasteiger partial charge in [0.25, 0.3) is 0 Å². The van der Waals surface area contributed by atoms with Gasteiger partial charge in [-0.05, 0) is 45.7 Å². The Kier molecular flexibility index (Phi) is 7.04. The van der Waals surface area contributed by atoms with E-state index in [1.807, 2.05) is 20.8 Å². The van der Waals surface area contributed by atoms with Gasteiger partial charge < -0.3 is 13.3 Å². The van der Waals surface area contributed by atoms with Gasteiger partial charge in [-0.3, -0.25) is 4.90 Å². The van der Waals surface area contributed by atoms with Gasteiger partial charge in [-0.25, -0.2) is 0 Å². The van der Waals surface area contributed by atoms with Gasteiger partial charge in [0.1, 0.15) is 0 Å². The van der Waals surface area contributed by atoms with Crippen LogP contribution >= 0.6 is 0 Å². The average molecular weight is 324 g/mol. The zero-order chi connectivity index (χ0) is 15.8. The highest BCUT2D eigenvalue weighted by Gasteiger charge is 2.55. The first-order valence-corrected chi connectivity index (χ1v) is 10.3. The lowest BCUT2D eigenvalue weighted by Gasteiger charge is -2.48. The molecule has 5 heteroatoms. The summed E-state index contributed by atoms with van der Waals surface area (Å²) in [5.41, 5.74) is 1.70. The molecule has 0 aromatic heterocycles. The van der Waals surface area contributed by atoms with E-state index < -0.39 is 8.80 Å². The van der Waals surface area contributed by atoms with Gasteiger partial charge >= 0.3 is 8.80 Å². The van der Waals surface area contributed by atoms with Crippen molar-refractivity contribution in [3.63, 3.8) is 0 Å². The van der Waals surface area contributed by atoms with Crippen molar-refractivity contribution < 1.29 is 13.3 Å². The molecule has 2 rings (SSSR count). The molecule has 0 spiro atoms. The third-order valence-corrected chi connectivity index (χ3v) is 7.65. The highest BCUT2D eigenvalue weighted by atomic mass is 28.4.